The van der Waals surface area contributed by atoms with Crippen molar-refractivity contribution >= 4 is 21.6 Å². The second kappa shape index (κ2) is 3.34. The molecule has 14 heavy (non-hydrogen) atoms. The smallest absolute Gasteiger partial charge is 0.330 e. The Labute approximate surface area is 88.5 Å². The average Bonchev–Trinajstić information content (AvgIpc) is 2.52. The van der Waals surface area contributed by atoms with Gasteiger partial charge in [-0.1, -0.05) is 15.9 Å². The van der Waals surface area contributed by atoms with Crippen LogP contribution in [0.2, 0.25) is 0 Å². The van der Waals surface area contributed by atoms with E-state index in [2.05, 4.69) is 20.9 Å². The van der Waals surface area contributed by atoms with Crippen LogP contribution in [0.5, 0.6) is 0 Å². The van der Waals surface area contributed by atoms with Crippen molar-refractivity contribution in [3.05, 3.63) is 45.5 Å². The van der Waals surface area contributed by atoms with E-state index in [1.54, 1.807) is 24.5 Å². The van der Waals surface area contributed by atoms with Crippen LogP contribution in [0.15, 0.2) is 39.9 Å². The standard InChI is InChI=1S/C9H8BrN3O/c10-6-1-2-8(7(11)5-6)13-4-3-12-9(13)14/h1-5H,11H2,(H,12,14). The molecule has 0 radical (unpaired) electrons. The summed E-state index contributed by atoms with van der Waals surface area (Å²) in [5.74, 6) is 0. The number of nitrogens with two attached hydrogens (primary N) is 1. The summed E-state index contributed by atoms with van der Waals surface area (Å²) in [5.41, 5.74) is 6.82. The summed E-state index contributed by atoms with van der Waals surface area (Å²) in [6, 6.07) is 5.38. The lowest BCUT2D eigenvalue weighted by atomic mass is 10.3. The van der Waals surface area contributed by atoms with Gasteiger partial charge >= 0.3 is 5.69 Å². The number of nitrogens with zero attached hydrogens (tertiary/aromatic N) is 1. The Morgan fingerprint density at radius 1 is 1.43 bits per heavy atom. The summed E-state index contributed by atoms with van der Waals surface area (Å²) in [6.07, 6.45) is 3.21. The summed E-state index contributed by atoms with van der Waals surface area (Å²) < 4.78 is 2.35. The Balaban J connectivity index is 2.63. The van der Waals surface area contributed by atoms with Crippen molar-refractivity contribution in [2.24, 2.45) is 0 Å². The summed E-state index contributed by atoms with van der Waals surface area (Å²) in [4.78, 5) is 13.8. The molecule has 0 aliphatic carbocycles. The minimum absolute atomic E-state index is 0.195. The van der Waals surface area contributed by atoms with E-state index in [1.165, 1.54) is 4.57 Å². The molecule has 0 atom stereocenters. The van der Waals surface area contributed by atoms with Gasteiger partial charge < -0.3 is 10.7 Å². The van der Waals surface area contributed by atoms with E-state index < -0.39 is 0 Å². The maximum absolute atomic E-state index is 11.3. The summed E-state index contributed by atoms with van der Waals surface area (Å²) in [7, 11) is 0. The molecule has 5 heteroatoms. The highest BCUT2D eigenvalue weighted by molar-refractivity contribution is 9.10. The molecule has 1 aromatic carbocycles. The van der Waals surface area contributed by atoms with Crippen molar-refractivity contribution in [3.63, 3.8) is 0 Å². The van der Waals surface area contributed by atoms with Crippen molar-refractivity contribution in [1.82, 2.24) is 9.55 Å². The summed E-state index contributed by atoms with van der Waals surface area (Å²) >= 11 is 3.30. The number of nitrogens with one attached hydrogen (secondary N) is 1. The highest BCUT2D eigenvalue weighted by Gasteiger charge is 2.03. The molecule has 1 aromatic heterocycles. The second-order valence-electron chi connectivity index (χ2n) is 2.84. The van der Waals surface area contributed by atoms with Crippen molar-refractivity contribution < 1.29 is 0 Å². The highest BCUT2D eigenvalue weighted by Crippen LogP contribution is 2.20. The average molecular weight is 254 g/mol. The van der Waals surface area contributed by atoms with E-state index in [1.807, 2.05) is 6.07 Å². The van der Waals surface area contributed by atoms with Crippen molar-refractivity contribution in [2.45, 2.75) is 0 Å². The van der Waals surface area contributed by atoms with Crippen molar-refractivity contribution in [1.29, 1.82) is 0 Å². The fourth-order valence-electron chi connectivity index (χ4n) is 1.25. The molecule has 0 aliphatic heterocycles. The normalized spacial score (nSPS) is 10.4. The third kappa shape index (κ3) is 1.46. The van der Waals surface area contributed by atoms with Gasteiger partial charge in [0, 0.05) is 16.9 Å². The van der Waals surface area contributed by atoms with Crippen LogP contribution < -0.4 is 11.4 Å². The van der Waals surface area contributed by atoms with Crippen LogP contribution in [0.3, 0.4) is 0 Å². The molecule has 0 saturated heterocycles. The Morgan fingerprint density at radius 2 is 2.21 bits per heavy atom. The molecule has 0 saturated carbocycles. The number of aromatic amines is 1. The van der Waals surface area contributed by atoms with E-state index in [-0.39, 0.29) is 5.69 Å². The third-order valence-electron chi connectivity index (χ3n) is 1.90. The lowest BCUT2D eigenvalue weighted by Crippen LogP contribution is -2.15. The number of hydrogen-bond donors (Lipinski definition) is 2. The van der Waals surface area contributed by atoms with Gasteiger partial charge in [-0.05, 0) is 18.2 Å². The Hall–Kier alpha value is -1.49. The zero-order valence-electron chi connectivity index (χ0n) is 7.20. The van der Waals surface area contributed by atoms with Gasteiger partial charge in [0.25, 0.3) is 0 Å². The topological polar surface area (TPSA) is 63.8 Å². The molecule has 72 valence electrons. The van der Waals surface area contributed by atoms with Crippen molar-refractivity contribution in [2.75, 3.05) is 5.73 Å². The number of rotatable bonds is 1. The number of H-pyrrole nitrogens is 1. The molecule has 1 heterocycles. The zero-order chi connectivity index (χ0) is 10.1. The summed E-state index contributed by atoms with van der Waals surface area (Å²) in [5, 5.41) is 0. The second-order valence-corrected chi connectivity index (χ2v) is 3.75. The van der Waals surface area contributed by atoms with Crippen LogP contribution in [0.25, 0.3) is 5.69 Å². The monoisotopic (exact) mass is 253 g/mol. The molecule has 2 aromatic rings. The SMILES string of the molecule is Nc1cc(Br)ccc1-n1cc[nH]c1=O. The molecule has 0 amide bonds. The fourth-order valence-corrected chi connectivity index (χ4v) is 1.63. The molecular weight excluding hydrogens is 246 g/mol. The molecule has 0 spiro atoms. The molecule has 0 aliphatic rings. The fraction of sp³-hybridized carbons (Fsp3) is 0. The lowest BCUT2D eigenvalue weighted by Gasteiger charge is -2.05. The van der Waals surface area contributed by atoms with E-state index in [0.717, 1.165) is 4.47 Å². The van der Waals surface area contributed by atoms with Crippen LogP contribution in [0.1, 0.15) is 0 Å². The van der Waals surface area contributed by atoms with Gasteiger partial charge in [-0.25, -0.2) is 4.79 Å². The minimum Gasteiger partial charge on any atom is -0.397 e. The minimum atomic E-state index is -0.195. The number of nitrogen functional groups attached to an aromatic ring is 1. The molecule has 4 nitrogen and oxygen atoms in total. The van der Waals surface area contributed by atoms with Crippen LogP contribution in [-0.4, -0.2) is 9.55 Å². The van der Waals surface area contributed by atoms with Crippen LogP contribution in [0, 0.1) is 0 Å². The summed E-state index contributed by atoms with van der Waals surface area (Å²) in [6.45, 7) is 0. The number of imidazole rings is 1. The lowest BCUT2D eigenvalue weighted by molar-refractivity contribution is 0.989. The van der Waals surface area contributed by atoms with E-state index >= 15 is 0 Å². The van der Waals surface area contributed by atoms with E-state index in [9.17, 15) is 4.79 Å². The number of hydrogen-bond acceptors (Lipinski definition) is 2. The number of aromatic nitrogens is 2. The predicted octanol–water partition coefficient (Wildman–Crippen LogP) is 1.51. The molecule has 0 bridgehead atoms. The Bertz CT molecular complexity index is 515. The first kappa shape index (κ1) is 9.08. The molecular formula is C9H8BrN3O. The molecule has 0 fully saturated rings. The first-order valence-electron chi connectivity index (χ1n) is 4.00. The van der Waals surface area contributed by atoms with E-state index in [4.69, 9.17) is 5.73 Å². The zero-order valence-corrected chi connectivity index (χ0v) is 8.78. The number of halogens is 1. The molecule has 2 rings (SSSR count). The first-order valence-corrected chi connectivity index (χ1v) is 4.79. The van der Waals surface area contributed by atoms with Gasteiger partial charge in [-0.15, -0.1) is 0 Å². The largest absolute Gasteiger partial charge is 0.397 e. The number of anilines is 1. The van der Waals surface area contributed by atoms with Gasteiger partial charge in [0.1, 0.15) is 0 Å². The van der Waals surface area contributed by atoms with Gasteiger partial charge in [0.15, 0.2) is 0 Å². The first-order chi connectivity index (χ1) is 6.68. The van der Waals surface area contributed by atoms with Gasteiger partial charge in [0.2, 0.25) is 0 Å². The van der Waals surface area contributed by atoms with Crippen LogP contribution in [-0.2, 0) is 0 Å². The van der Waals surface area contributed by atoms with E-state index in [0.29, 0.717) is 11.4 Å². The maximum Gasteiger partial charge on any atom is 0.330 e. The van der Waals surface area contributed by atoms with Gasteiger partial charge in [-0.3, -0.25) is 4.57 Å². The quantitative estimate of drug-likeness (QED) is 0.757. The third-order valence-corrected chi connectivity index (χ3v) is 2.39. The van der Waals surface area contributed by atoms with Gasteiger partial charge in [-0.2, -0.15) is 0 Å². The highest BCUT2D eigenvalue weighted by atomic mass is 79.9. The molecule has 0 unspecified atom stereocenters. The Kier molecular flexibility index (Phi) is 2.17. The molecule has 3 N–H and O–H groups in total. The van der Waals surface area contributed by atoms with Crippen LogP contribution >= 0.6 is 15.9 Å². The van der Waals surface area contributed by atoms with Crippen LogP contribution in [0.4, 0.5) is 5.69 Å². The number of benzene rings is 1. The Morgan fingerprint density at radius 3 is 2.79 bits per heavy atom. The van der Waals surface area contributed by atoms with Gasteiger partial charge in [0.05, 0.1) is 11.4 Å². The maximum atomic E-state index is 11.3. The van der Waals surface area contributed by atoms with Crippen molar-refractivity contribution in [3.8, 4) is 5.69 Å². The predicted molar refractivity (Wildman–Crippen MR) is 58.5 cm³/mol.